The van der Waals surface area contributed by atoms with Gasteiger partial charge in [-0.15, -0.1) is 24.0 Å². The van der Waals surface area contributed by atoms with Crippen molar-refractivity contribution in [2.24, 2.45) is 4.99 Å². The summed E-state index contributed by atoms with van der Waals surface area (Å²) in [6.07, 6.45) is 0. The van der Waals surface area contributed by atoms with Gasteiger partial charge >= 0.3 is 0 Å². The Morgan fingerprint density at radius 3 is 2.81 bits per heavy atom. The van der Waals surface area contributed by atoms with Gasteiger partial charge in [-0.2, -0.15) is 11.3 Å². The maximum Gasteiger partial charge on any atom is 0.191 e. The Morgan fingerprint density at radius 2 is 2.11 bits per heavy atom. The van der Waals surface area contributed by atoms with E-state index in [2.05, 4.69) is 15.6 Å². The highest BCUT2D eigenvalue weighted by Gasteiger charge is 2.23. The second-order valence-corrected chi connectivity index (χ2v) is 7.35. The Hall–Kier alpha value is -1.23. The van der Waals surface area contributed by atoms with Crippen molar-refractivity contribution in [2.75, 3.05) is 26.8 Å². The van der Waals surface area contributed by atoms with Gasteiger partial charge in [-0.1, -0.05) is 11.6 Å². The van der Waals surface area contributed by atoms with Gasteiger partial charge in [0.2, 0.25) is 0 Å². The van der Waals surface area contributed by atoms with Crippen molar-refractivity contribution in [2.45, 2.75) is 19.1 Å². The van der Waals surface area contributed by atoms with Crippen LogP contribution in [0, 0.1) is 0 Å². The molecule has 0 amide bonds. The molecule has 1 aliphatic rings. The zero-order chi connectivity index (χ0) is 18.6. The number of nitrogens with one attached hydrogen (secondary N) is 2. The van der Waals surface area contributed by atoms with E-state index in [9.17, 15) is 5.11 Å². The Balaban J connectivity index is 0.00000261. The molecule has 0 aliphatic carbocycles. The zero-order valence-corrected chi connectivity index (χ0v) is 19.0. The van der Waals surface area contributed by atoms with E-state index in [1.807, 2.05) is 29.0 Å². The largest absolute Gasteiger partial charge is 0.486 e. The fourth-order valence-corrected chi connectivity index (χ4v) is 3.67. The normalized spacial score (nSPS) is 15.5. The van der Waals surface area contributed by atoms with Crippen LogP contribution in [0.4, 0.5) is 0 Å². The predicted octanol–water partition coefficient (Wildman–Crippen LogP) is 3.36. The van der Waals surface area contributed by atoms with Crippen molar-refractivity contribution in [1.29, 1.82) is 0 Å². The van der Waals surface area contributed by atoms with Gasteiger partial charge in [0.05, 0.1) is 11.6 Å². The number of thiophene rings is 1. The lowest BCUT2D eigenvalue weighted by Gasteiger charge is -2.24. The van der Waals surface area contributed by atoms with E-state index >= 15 is 0 Å². The number of fused-ring (bicyclic) bond motifs is 1. The first-order valence-corrected chi connectivity index (χ1v) is 9.59. The van der Waals surface area contributed by atoms with Crippen LogP contribution in [0.2, 0.25) is 5.02 Å². The summed E-state index contributed by atoms with van der Waals surface area (Å²) in [7, 11) is 1.69. The number of nitrogens with zero attached hydrogens (tertiary/aromatic N) is 1. The fraction of sp³-hybridized carbons (Fsp3) is 0.389. The summed E-state index contributed by atoms with van der Waals surface area (Å²) in [6, 6.07) is 5.67. The molecule has 1 atom stereocenters. The summed E-state index contributed by atoms with van der Waals surface area (Å²) >= 11 is 7.82. The van der Waals surface area contributed by atoms with Crippen molar-refractivity contribution in [3.8, 4) is 11.5 Å². The number of hydrogen-bond donors (Lipinski definition) is 3. The number of rotatable bonds is 5. The molecule has 148 valence electrons. The van der Waals surface area contributed by atoms with Crippen molar-refractivity contribution in [3.05, 3.63) is 45.1 Å². The van der Waals surface area contributed by atoms with E-state index in [0.717, 1.165) is 11.1 Å². The van der Waals surface area contributed by atoms with Crippen LogP contribution in [0.5, 0.6) is 11.5 Å². The van der Waals surface area contributed by atoms with Crippen LogP contribution in [0.15, 0.2) is 34.0 Å². The maximum atomic E-state index is 10.6. The third-order valence-electron chi connectivity index (χ3n) is 4.08. The zero-order valence-electron chi connectivity index (χ0n) is 15.1. The molecule has 0 saturated carbocycles. The molecule has 6 nitrogen and oxygen atoms in total. The number of halogens is 2. The molecule has 2 aromatic rings. The summed E-state index contributed by atoms with van der Waals surface area (Å²) < 4.78 is 11.1. The van der Waals surface area contributed by atoms with Crippen LogP contribution >= 0.6 is 46.9 Å². The SMILES string of the molecule is CN=C(NCc1cc(Cl)c2c(c1)OCCO2)NCC(C)(O)c1ccsc1.I. The molecule has 0 radical (unpaired) electrons. The van der Waals surface area contributed by atoms with Gasteiger partial charge in [-0.05, 0) is 47.0 Å². The smallest absolute Gasteiger partial charge is 0.191 e. The molecule has 0 saturated heterocycles. The molecule has 1 aromatic heterocycles. The number of guanidine groups is 1. The first-order chi connectivity index (χ1) is 12.5. The highest BCUT2D eigenvalue weighted by atomic mass is 127. The van der Waals surface area contributed by atoms with Crippen LogP contribution in [-0.2, 0) is 12.1 Å². The van der Waals surface area contributed by atoms with Crippen molar-refractivity contribution in [1.82, 2.24) is 10.6 Å². The molecule has 1 unspecified atom stereocenters. The fourth-order valence-electron chi connectivity index (χ4n) is 2.60. The van der Waals surface area contributed by atoms with Gasteiger partial charge < -0.3 is 25.2 Å². The van der Waals surface area contributed by atoms with Gasteiger partial charge in [-0.3, -0.25) is 4.99 Å². The Morgan fingerprint density at radius 1 is 1.33 bits per heavy atom. The van der Waals surface area contributed by atoms with Crippen LogP contribution in [0.1, 0.15) is 18.1 Å². The van der Waals surface area contributed by atoms with E-state index in [0.29, 0.717) is 48.8 Å². The van der Waals surface area contributed by atoms with Crippen molar-refractivity contribution in [3.63, 3.8) is 0 Å². The highest BCUT2D eigenvalue weighted by molar-refractivity contribution is 14.0. The number of benzene rings is 1. The highest BCUT2D eigenvalue weighted by Crippen LogP contribution is 2.38. The average Bonchev–Trinajstić information content (AvgIpc) is 3.17. The topological polar surface area (TPSA) is 75.1 Å². The van der Waals surface area contributed by atoms with Gasteiger partial charge in [0.1, 0.15) is 18.8 Å². The van der Waals surface area contributed by atoms with E-state index in [-0.39, 0.29) is 24.0 Å². The molecule has 3 N–H and O–H groups in total. The lowest BCUT2D eigenvalue weighted by Crippen LogP contribution is -2.44. The minimum absolute atomic E-state index is 0. The quantitative estimate of drug-likeness (QED) is 0.318. The van der Waals surface area contributed by atoms with E-state index in [4.69, 9.17) is 21.1 Å². The number of ether oxygens (including phenoxy) is 2. The van der Waals surface area contributed by atoms with Gasteiger partial charge in [0.15, 0.2) is 17.5 Å². The van der Waals surface area contributed by atoms with E-state index in [1.165, 1.54) is 0 Å². The standard InChI is InChI=1S/C18H22ClN3O3S.HI/c1-18(23,13-3-6-26-10-13)11-22-17(20-2)21-9-12-7-14(19)16-15(8-12)24-4-5-25-16;/h3,6-8,10,23H,4-5,9,11H2,1-2H3,(H2,20,21,22);1H. The first kappa shape index (κ1) is 22.1. The molecule has 9 heteroatoms. The molecular formula is C18H23ClIN3O3S. The Bertz CT molecular complexity index is 784. The van der Waals surface area contributed by atoms with Crippen LogP contribution < -0.4 is 20.1 Å². The maximum absolute atomic E-state index is 10.6. The van der Waals surface area contributed by atoms with Gasteiger partial charge in [-0.25, -0.2) is 0 Å². The summed E-state index contributed by atoms with van der Waals surface area (Å²) in [6.45, 7) is 3.64. The average molecular weight is 524 g/mol. The second-order valence-electron chi connectivity index (χ2n) is 6.17. The molecule has 27 heavy (non-hydrogen) atoms. The molecule has 0 bridgehead atoms. The second kappa shape index (κ2) is 9.81. The van der Waals surface area contributed by atoms with Crippen LogP contribution in [0.25, 0.3) is 0 Å². The van der Waals surface area contributed by atoms with Crippen LogP contribution in [-0.4, -0.2) is 37.9 Å². The van der Waals surface area contributed by atoms with Gasteiger partial charge in [0, 0.05) is 13.6 Å². The third kappa shape index (κ3) is 5.63. The number of hydrogen-bond acceptors (Lipinski definition) is 5. The summed E-state index contributed by atoms with van der Waals surface area (Å²) in [4.78, 5) is 4.19. The third-order valence-corrected chi connectivity index (χ3v) is 5.05. The lowest BCUT2D eigenvalue weighted by atomic mass is 9.99. The van der Waals surface area contributed by atoms with Crippen molar-refractivity contribution >= 4 is 52.9 Å². The Kier molecular flexibility index (Phi) is 8.02. The summed E-state index contributed by atoms with van der Waals surface area (Å²) in [5.41, 5.74) is 0.855. The predicted molar refractivity (Wildman–Crippen MR) is 120 cm³/mol. The minimum Gasteiger partial charge on any atom is -0.486 e. The molecule has 1 aliphatic heterocycles. The molecular weight excluding hydrogens is 501 g/mol. The van der Waals surface area contributed by atoms with E-state index < -0.39 is 5.60 Å². The van der Waals surface area contributed by atoms with Crippen LogP contribution in [0.3, 0.4) is 0 Å². The summed E-state index contributed by atoms with van der Waals surface area (Å²) in [5, 5.41) is 21.4. The Labute approximate surface area is 185 Å². The number of aliphatic hydroxyl groups is 1. The van der Waals surface area contributed by atoms with E-state index in [1.54, 1.807) is 25.3 Å². The molecule has 0 fully saturated rings. The van der Waals surface area contributed by atoms with Gasteiger partial charge in [0.25, 0.3) is 0 Å². The monoisotopic (exact) mass is 523 g/mol. The molecule has 3 rings (SSSR count). The first-order valence-electron chi connectivity index (χ1n) is 8.27. The summed E-state index contributed by atoms with van der Waals surface area (Å²) in [5.74, 6) is 1.84. The molecule has 1 aromatic carbocycles. The molecule has 2 heterocycles. The number of aliphatic imine (C=N–C) groups is 1. The molecule has 0 spiro atoms. The lowest BCUT2D eigenvalue weighted by molar-refractivity contribution is 0.0621. The minimum atomic E-state index is -0.974. The van der Waals surface area contributed by atoms with Crippen molar-refractivity contribution < 1.29 is 14.6 Å².